The van der Waals surface area contributed by atoms with E-state index in [0.29, 0.717) is 40.1 Å². The summed E-state index contributed by atoms with van der Waals surface area (Å²) in [5.74, 6) is -0.951. The fourth-order valence-electron chi connectivity index (χ4n) is 4.95. The minimum absolute atomic E-state index is 0.176. The monoisotopic (exact) mass is 514 g/mol. The highest BCUT2D eigenvalue weighted by Gasteiger charge is 2.50. The lowest BCUT2D eigenvalue weighted by atomic mass is 10.0. The van der Waals surface area contributed by atoms with E-state index < -0.39 is 5.79 Å². The third-order valence-electron chi connectivity index (χ3n) is 6.48. The van der Waals surface area contributed by atoms with Crippen LogP contribution in [0.1, 0.15) is 31.9 Å². The van der Waals surface area contributed by atoms with Gasteiger partial charge in [0.2, 0.25) is 0 Å². The molecule has 4 heterocycles. The molecule has 0 spiro atoms. The van der Waals surface area contributed by atoms with Gasteiger partial charge in [0.05, 0.1) is 22.9 Å². The van der Waals surface area contributed by atoms with Gasteiger partial charge in [-0.3, -0.25) is 0 Å². The topological polar surface area (TPSA) is 101 Å². The minimum atomic E-state index is -0.744. The molecule has 6 rings (SSSR count). The van der Waals surface area contributed by atoms with Gasteiger partial charge in [-0.25, -0.2) is 24.3 Å². The van der Waals surface area contributed by atoms with Crippen LogP contribution in [0.25, 0.3) is 22.1 Å². The van der Waals surface area contributed by atoms with Crippen molar-refractivity contribution in [3.63, 3.8) is 0 Å². The molecule has 0 radical (unpaired) electrons. The molecule has 180 valence electrons. The zero-order valence-corrected chi connectivity index (χ0v) is 20.4. The van der Waals surface area contributed by atoms with Crippen molar-refractivity contribution in [3.05, 3.63) is 64.1 Å². The molecule has 3 aromatic heterocycles. The fraction of sp³-hybridized carbons (Fsp3) is 0.333. The van der Waals surface area contributed by atoms with E-state index >= 15 is 0 Å². The summed E-state index contributed by atoms with van der Waals surface area (Å²) in [6, 6.07) is 4.67. The van der Waals surface area contributed by atoms with Crippen LogP contribution in [0.15, 0.2) is 42.5 Å². The fourth-order valence-corrected chi connectivity index (χ4v) is 5.28. The Hall–Kier alpha value is -2.85. The van der Waals surface area contributed by atoms with Gasteiger partial charge < -0.3 is 19.8 Å². The number of nitrogens with two attached hydrogens (primary N) is 1. The lowest BCUT2D eigenvalue weighted by Crippen LogP contribution is -2.28. The first-order valence-corrected chi connectivity index (χ1v) is 11.9. The van der Waals surface area contributed by atoms with Crippen molar-refractivity contribution < 1.29 is 13.9 Å². The molecule has 0 saturated carbocycles. The summed E-state index contributed by atoms with van der Waals surface area (Å²) in [5, 5.41) is 0.872. The zero-order chi connectivity index (χ0) is 24.5. The summed E-state index contributed by atoms with van der Waals surface area (Å²) < 4.78 is 29.2. The van der Waals surface area contributed by atoms with E-state index in [2.05, 4.69) is 26.0 Å². The number of halogens is 3. The number of hydrogen-bond acceptors (Lipinski definition) is 7. The summed E-state index contributed by atoms with van der Waals surface area (Å²) in [5.41, 5.74) is 9.32. The molecule has 2 N–H and O–H groups in total. The first kappa shape index (κ1) is 22.6. The molecule has 1 fully saturated rings. The number of imidazole rings is 1. The molecule has 1 aliphatic carbocycles. The van der Waals surface area contributed by atoms with Crippen LogP contribution in [0.2, 0.25) is 10.2 Å². The normalized spacial score (nSPS) is 23.2. The Morgan fingerprint density at radius 3 is 2.77 bits per heavy atom. The lowest BCUT2D eigenvalue weighted by Gasteiger charge is -2.21. The van der Waals surface area contributed by atoms with Crippen molar-refractivity contribution in [1.29, 1.82) is 0 Å². The van der Waals surface area contributed by atoms with E-state index in [-0.39, 0.29) is 34.9 Å². The maximum Gasteiger partial charge on any atom is 0.165 e. The van der Waals surface area contributed by atoms with E-state index in [1.165, 1.54) is 18.5 Å². The van der Waals surface area contributed by atoms with Gasteiger partial charge in [-0.1, -0.05) is 29.3 Å². The van der Waals surface area contributed by atoms with Gasteiger partial charge in [0.1, 0.15) is 35.7 Å². The third kappa shape index (κ3) is 3.83. The van der Waals surface area contributed by atoms with E-state index in [1.54, 1.807) is 6.33 Å². The van der Waals surface area contributed by atoms with Gasteiger partial charge in [-0.2, -0.15) is 0 Å². The van der Waals surface area contributed by atoms with Crippen molar-refractivity contribution in [2.75, 3.05) is 5.73 Å². The molecule has 1 saturated heterocycles. The van der Waals surface area contributed by atoms with Crippen LogP contribution < -0.4 is 5.73 Å². The minimum Gasteiger partial charge on any atom is -0.382 e. The zero-order valence-electron chi connectivity index (χ0n) is 18.9. The highest BCUT2D eigenvalue weighted by molar-refractivity contribution is 6.33. The Labute approximate surface area is 209 Å². The number of pyridine rings is 1. The molecule has 2 aliphatic rings. The molecular weight excluding hydrogens is 494 g/mol. The Bertz CT molecular complexity index is 1520. The molecule has 0 bridgehead atoms. The molecule has 0 unspecified atom stereocenters. The quantitative estimate of drug-likeness (QED) is 0.300. The van der Waals surface area contributed by atoms with Crippen LogP contribution in [-0.4, -0.2) is 42.5 Å². The third-order valence-corrected chi connectivity index (χ3v) is 7.06. The predicted molar refractivity (Wildman–Crippen MR) is 131 cm³/mol. The van der Waals surface area contributed by atoms with E-state index in [0.717, 1.165) is 11.1 Å². The van der Waals surface area contributed by atoms with Crippen LogP contribution in [0.3, 0.4) is 0 Å². The summed E-state index contributed by atoms with van der Waals surface area (Å²) in [4.78, 5) is 17.0. The van der Waals surface area contributed by atoms with Crippen LogP contribution in [0.4, 0.5) is 10.2 Å². The smallest absolute Gasteiger partial charge is 0.165 e. The summed E-state index contributed by atoms with van der Waals surface area (Å²) in [6.07, 6.45) is 5.95. The Morgan fingerprint density at radius 1 is 1.11 bits per heavy atom. The number of hydrogen-bond donors (Lipinski definition) is 1. The first-order valence-electron chi connectivity index (χ1n) is 11.1. The van der Waals surface area contributed by atoms with Gasteiger partial charge in [0.15, 0.2) is 16.6 Å². The molecule has 0 amide bonds. The Balaban J connectivity index is 1.33. The van der Waals surface area contributed by atoms with E-state index in [4.69, 9.17) is 38.4 Å². The largest absolute Gasteiger partial charge is 0.382 e. The maximum absolute atomic E-state index is 14.8. The molecule has 11 heteroatoms. The number of nitrogen functional groups attached to an aromatic ring is 1. The number of ether oxygens (including phenoxy) is 2. The average molecular weight is 515 g/mol. The first-order chi connectivity index (χ1) is 16.7. The second kappa shape index (κ2) is 8.09. The maximum atomic E-state index is 14.8. The average Bonchev–Trinajstić information content (AvgIpc) is 3.45. The van der Waals surface area contributed by atoms with Crippen molar-refractivity contribution in [2.24, 2.45) is 0 Å². The van der Waals surface area contributed by atoms with Crippen molar-refractivity contribution in [2.45, 2.75) is 50.7 Å². The Kier molecular flexibility index (Phi) is 5.23. The molecule has 1 aliphatic heterocycles. The van der Waals surface area contributed by atoms with Crippen LogP contribution in [0.5, 0.6) is 0 Å². The molecule has 3 atom stereocenters. The SMILES string of the molecule is CC1(C)O[C@@H]2[C@H](O1)C(CCc1cc(F)c3cc(Cl)c(N)nc3c1)=C[C@H]2n1cnc2c(Cl)ncnc21. The summed E-state index contributed by atoms with van der Waals surface area (Å²) in [6.45, 7) is 3.79. The number of nitrogens with zero attached hydrogens (tertiary/aromatic N) is 5. The molecule has 1 aromatic carbocycles. The Morgan fingerprint density at radius 2 is 1.94 bits per heavy atom. The molecule has 8 nitrogen and oxygen atoms in total. The number of benzene rings is 1. The predicted octanol–water partition coefficient (Wildman–Crippen LogP) is 5.04. The second-order valence-electron chi connectivity index (χ2n) is 9.24. The summed E-state index contributed by atoms with van der Waals surface area (Å²) in [7, 11) is 0. The van der Waals surface area contributed by atoms with Crippen LogP contribution >= 0.6 is 23.2 Å². The molecule has 35 heavy (non-hydrogen) atoms. The van der Waals surface area contributed by atoms with E-state index in [1.807, 2.05) is 24.5 Å². The van der Waals surface area contributed by atoms with Crippen molar-refractivity contribution in [1.82, 2.24) is 24.5 Å². The van der Waals surface area contributed by atoms with Gasteiger partial charge in [0, 0.05) is 5.39 Å². The highest BCUT2D eigenvalue weighted by Crippen LogP contribution is 2.45. The van der Waals surface area contributed by atoms with Gasteiger partial charge in [-0.05, 0) is 56.0 Å². The van der Waals surface area contributed by atoms with Gasteiger partial charge in [0.25, 0.3) is 0 Å². The standard InChI is InChI=1S/C24H21Cl2FN6O2/c1-24(2)34-19-12(4-3-11-5-15(27)13-8-14(25)22(28)32-16(13)6-11)7-17(20(19)35-24)33-10-31-18-21(26)29-9-30-23(18)33/h5-10,17,19-20H,3-4H2,1-2H3,(H2,28,32)/t17-,19-,20+/m1/s1. The molecular formula is C24H21Cl2FN6O2. The van der Waals surface area contributed by atoms with Gasteiger partial charge >= 0.3 is 0 Å². The lowest BCUT2D eigenvalue weighted by molar-refractivity contribution is -0.147. The number of aromatic nitrogens is 5. The van der Waals surface area contributed by atoms with E-state index in [9.17, 15) is 4.39 Å². The van der Waals surface area contributed by atoms with Crippen LogP contribution in [-0.2, 0) is 15.9 Å². The van der Waals surface area contributed by atoms with Gasteiger partial charge in [-0.15, -0.1) is 0 Å². The molecule has 4 aromatic rings. The number of aryl methyl sites for hydroxylation is 1. The summed E-state index contributed by atoms with van der Waals surface area (Å²) >= 11 is 12.2. The highest BCUT2D eigenvalue weighted by atomic mass is 35.5. The van der Waals surface area contributed by atoms with Crippen molar-refractivity contribution in [3.8, 4) is 0 Å². The number of rotatable bonds is 4. The second-order valence-corrected chi connectivity index (χ2v) is 10.0. The number of anilines is 1. The van der Waals surface area contributed by atoms with Crippen molar-refractivity contribution >= 4 is 51.1 Å². The number of fused-ring (bicyclic) bond motifs is 3. The van der Waals surface area contributed by atoms with Crippen LogP contribution in [0, 0.1) is 5.82 Å².